The third-order valence-electron chi connectivity index (χ3n) is 4.74. The van der Waals surface area contributed by atoms with Crippen molar-refractivity contribution in [2.75, 3.05) is 0 Å². The Balaban J connectivity index is 1.80. The Morgan fingerprint density at radius 2 is 0.943 bits per heavy atom. The van der Waals surface area contributed by atoms with E-state index in [0.29, 0.717) is 11.4 Å². The first-order valence-electron chi connectivity index (χ1n) is 9.77. The van der Waals surface area contributed by atoms with E-state index in [2.05, 4.69) is 20.5 Å². The van der Waals surface area contributed by atoms with Gasteiger partial charge in [0.1, 0.15) is 9.79 Å². The smallest absolute Gasteiger partial charge is 0.298 e. The number of rotatable bonds is 6. The second-order valence-electron chi connectivity index (χ2n) is 7.10. The Bertz CT molecular complexity index is 1690. The van der Waals surface area contributed by atoms with E-state index in [1.54, 1.807) is 24.3 Å². The summed E-state index contributed by atoms with van der Waals surface area (Å²) in [7, 11) is -10.5. The lowest BCUT2D eigenvalue weighted by atomic mass is 10.1. The minimum absolute atomic E-state index is 0.127. The highest BCUT2D eigenvalue weighted by Gasteiger charge is 2.33. The van der Waals surface area contributed by atoms with Gasteiger partial charge in [-0.1, -0.05) is 42.5 Å². The molecular weight excluding hydrogens is 496 g/mol. The molecule has 0 saturated carbocycles. The molecule has 0 unspecified atom stereocenters. The Hall–Kier alpha value is -4.04. The van der Waals surface area contributed by atoms with Gasteiger partial charge in [-0.25, -0.2) is 0 Å². The van der Waals surface area contributed by atoms with Crippen molar-refractivity contribution in [1.82, 2.24) is 0 Å². The molecule has 0 fully saturated rings. The fraction of sp³-hybridized carbons (Fsp3) is 0. The zero-order valence-electron chi connectivity index (χ0n) is 17.6. The molecule has 4 rings (SSSR count). The minimum atomic E-state index is -5.29. The molecule has 0 spiro atoms. The summed E-state index contributed by atoms with van der Waals surface area (Å²) in [5, 5.41) is 25.9. The highest BCUT2D eigenvalue weighted by molar-refractivity contribution is 7.89. The summed E-state index contributed by atoms with van der Waals surface area (Å²) in [5.41, 5.74) is 0.460. The molecule has 0 atom stereocenters. The number of phenols is 1. The predicted octanol–water partition coefficient (Wildman–Crippen LogP) is 5.87. The van der Waals surface area contributed by atoms with Crippen molar-refractivity contribution in [3.05, 3.63) is 78.9 Å². The van der Waals surface area contributed by atoms with Crippen molar-refractivity contribution in [2.45, 2.75) is 9.79 Å². The van der Waals surface area contributed by atoms with Crippen LogP contribution in [0, 0.1) is 0 Å². The van der Waals surface area contributed by atoms with Crippen LogP contribution in [-0.4, -0.2) is 31.0 Å². The molecule has 13 heteroatoms. The number of hydrogen-bond acceptors (Lipinski definition) is 9. The first kappa shape index (κ1) is 24.1. The highest BCUT2D eigenvalue weighted by atomic mass is 32.2. The van der Waals surface area contributed by atoms with Gasteiger partial charge in [-0.15, -0.1) is 5.11 Å². The Kier molecular flexibility index (Phi) is 6.41. The summed E-state index contributed by atoms with van der Waals surface area (Å²) < 4.78 is 67.8. The second-order valence-corrected chi connectivity index (χ2v) is 9.82. The van der Waals surface area contributed by atoms with Gasteiger partial charge in [0.15, 0.2) is 11.4 Å². The topological polar surface area (TPSA) is 178 Å². The standard InChI is InChI=1S/C22H16N4O7S2/c27-20-17-8-4-5-9-18(17)21(34(28,29)30)22(35(31,32)33)19(20)26-25-16-12-10-15(11-13-16)24-23-14-6-2-1-3-7-14/h1-13,27H,(H,28,29,30)(H,31,32,33). The molecule has 0 aliphatic carbocycles. The Labute approximate surface area is 199 Å². The molecule has 4 aromatic rings. The average Bonchev–Trinajstić information content (AvgIpc) is 2.82. The van der Waals surface area contributed by atoms with Crippen LogP contribution in [0.3, 0.4) is 0 Å². The normalized spacial score (nSPS) is 12.6. The van der Waals surface area contributed by atoms with Crippen molar-refractivity contribution >= 4 is 53.8 Å². The lowest BCUT2D eigenvalue weighted by molar-refractivity contribution is 0.461. The average molecular weight is 513 g/mol. The van der Waals surface area contributed by atoms with Crippen LogP contribution in [0.1, 0.15) is 0 Å². The molecule has 3 N–H and O–H groups in total. The van der Waals surface area contributed by atoms with E-state index in [1.807, 2.05) is 18.2 Å². The van der Waals surface area contributed by atoms with Gasteiger partial charge in [-0.3, -0.25) is 9.11 Å². The largest absolute Gasteiger partial charge is 0.505 e. The molecule has 0 aliphatic rings. The summed E-state index contributed by atoms with van der Waals surface area (Å²) >= 11 is 0. The molecule has 0 saturated heterocycles. The maximum atomic E-state index is 12.1. The van der Waals surface area contributed by atoms with Gasteiger partial charge in [0.05, 0.1) is 17.1 Å². The van der Waals surface area contributed by atoms with Crippen LogP contribution in [0.25, 0.3) is 10.8 Å². The molecule has 4 aromatic carbocycles. The number of azo groups is 2. The van der Waals surface area contributed by atoms with Crippen molar-refractivity contribution in [2.24, 2.45) is 20.5 Å². The molecule has 0 aliphatic heterocycles. The maximum absolute atomic E-state index is 12.1. The zero-order chi connectivity index (χ0) is 25.2. The molecule has 0 heterocycles. The second kappa shape index (κ2) is 9.31. The van der Waals surface area contributed by atoms with E-state index in [4.69, 9.17) is 0 Å². The molecule has 0 radical (unpaired) electrons. The number of phenolic OH excluding ortho intramolecular Hbond substituents is 1. The third kappa shape index (κ3) is 5.22. The molecule has 0 bridgehead atoms. The van der Waals surface area contributed by atoms with Gasteiger partial charge in [0.25, 0.3) is 20.2 Å². The van der Waals surface area contributed by atoms with Gasteiger partial charge in [0, 0.05) is 10.8 Å². The van der Waals surface area contributed by atoms with Gasteiger partial charge in [0.2, 0.25) is 0 Å². The number of benzene rings is 4. The highest BCUT2D eigenvalue weighted by Crippen LogP contribution is 2.45. The number of nitrogens with zero attached hydrogens (tertiary/aromatic N) is 4. The summed E-state index contributed by atoms with van der Waals surface area (Å²) in [6, 6.07) is 20.3. The monoisotopic (exact) mass is 512 g/mol. The zero-order valence-corrected chi connectivity index (χ0v) is 19.2. The van der Waals surface area contributed by atoms with Gasteiger partial charge in [-0.2, -0.15) is 32.2 Å². The lowest BCUT2D eigenvalue weighted by Gasteiger charge is -2.13. The molecule has 0 amide bonds. The van der Waals surface area contributed by atoms with Crippen molar-refractivity contribution in [1.29, 1.82) is 0 Å². The summed E-state index contributed by atoms with van der Waals surface area (Å²) in [4.78, 5) is -2.42. The van der Waals surface area contributed by atoms with Crippen LogP contribution < -0.4 is 0 Å². The molecule has 178 valence electrons. The van der Waals surface area contributed by atoms with Gasteiger partial charge >= 0.3 is 0 Å². The van der Waals surface area contributed by atoms with Gasteiger partial charge < -0.3 is 5.11 Å². The quantitative estimate of drug-likeness (QED) is 0.213. The van der Waals surface area contributed by atoms with E-state index >= 15 is 0 Å². The first-order chi connectivity index (χ1) is 16.6. The molecular formula is C22H16N4O7S2. The van der Waals surface area contributed by atoms with E-state index in [-0.39, 0.29) is 16.5 Å². The van der Waals surface area contributed by atoms with Crippen LogP contribution in [0.15, 0.2) is 109 Å². The lowest BCUT2D eigenvalue weighted by Crippen LogP contribution is -2.10. The molecule has 11 nitrogen and oxygen atoms in total. The molecule has 35 heavy (non-hydrogen) atoms. The predicted molar refractivity (Wildman–Crippen MR) is 126 cm³/mol. The number of aromatic hydroxyl groups is 1. The summed E-state index contributed by atoms with van der Waals surface area (Å²) in [6.07, 6.45) is 0. The third-order valence-corrected chi connectivity index (χ3v) is 6.72. The Morgan fingerprint density at radius 3 is 1.46 bits per heavy atom. The fourth-order valence-electron chi connectivity index (χ4n) is 3.24. The van der Waals surface area contributed by atoms with Crippen molar-refractivity contribution < 1.29 is 31.0 Å². The SMILES string of the molecule is O=S(=O)(O)c1c(N=Nc2ccc(N=Nc3ccccc3)cc2)c(O)c2ccccc2c1S(=O)(=O)O. The van der Waals surface area contributed by atoms with Crippen molar-refractivity contribution in [3.63, 3.8) is 0 Å². The Morgan fingerprint density at radius 1 is 0.514 bits per heavy atom. The van der Waals surface area contributed by atoms with E-state index in [9.17, 15) is 31.0 Å². The van der Waals surface area contributed by atoms with Crippen LogP contribution in [-0.2, 0) is 20.2 Å². The minimum Gasteiger partial charge on any atom is -0.505 e. The fourth-order valence-corrected chi connectivity index (χ4v) is 5.39. The number of fused-ring (bicyclic) bond motifs is 1. The van der Waals surface area contributed by atoms with Crippen LogP contribution in [0.5, 0.6) is 5.75 Å². The summed E-state index contributed by atoms with van der Waals surface area (Å²) in [5.74, 6) is -0.752. The van der Waals surface area contributed by atoms with E-state index in [0.717, 1.165) is 6.07 Å². The van der Waals surface area contributed by atoms with Crippen LogP contribution >= 0.6 is 0 Å². The van der Waals surface area contributed by atoms with E-state index < -0.39 is 41.5 Å². The van der Waals surface area contributed by atoms with Gasteiger partial charge in [-0.05, 0) is 36.4 Å². The first-order valence-corrected chi connectivity index (χ1v) is 12.6. The van der Waals surface area contributed by atoms with Crippen LogP contribution in [0.4, 0.5) is 22.7 Å². The summed E-state index contributed by atoms with van der Waals surface area (Å²) in [6.45, 7) is 0. The van der Waals surface area contributed by atoms with E-state index in [1.165, 1.54) is 30.3 Å². The maximum Gasteiger partial charge on any atom is 0.298 e. The van der Waals surface area contributed by atoms with Crippen LogP contribution in [0.2, 0.25) is 0 Å². The molecule has 0 aromatic heterocycles. The van der Waals surface area contributed by atoms with Crippen molar-refractivity contribution in [3.8, 4) is 5.75 Å². The number of hydrogen-bond donors (Lipinski definition) is 3.